The highest BCUT2D eigenvalue weighted by molar-refractivity contribution is 7.90. The number of amides is 1. The predicted molar refractivity (Wildman–Crippen MR) is 124 cm³/mol. The molecule has 31 heavy (non-hydrogen) atoms. The first-order valence-electron chi connectivity index (χ1n) is 10.3. The quantitative estimate of drug-likeness (QED) is 0.640. The second-order valence-electron chi connectivity index (χ2n) is 7.73. The van der Waals surface area contributed by atoms with Crippen LogP contribution in [0.5, 0.6) is 0 Å². The monoisotopic (exact) mass is 479 g/mol. The molecular formula is C22H23Cl2N3O3S. The summed E-state index contributed by atoms with van der Waals surface area (Å²) in [6.45, 7) is 2.63. The van der Waals surface area contributed by atoms with Crippen LogP contribution in [0.25, 0.3) is 0 Å². The third kappa shape index (κ3) is 4.45. The van der Waals surface area contributed by atoms with Crippen LogP contribution < -0.4 is 10.2 Å². The predicted octanol–water partition coefficient (Wildman–Crippen LogP) is 5.36. The molecule has 164 valence electrons. The third-order valence-electron chi connectivity index (χ3n) is 5.67. The zero-order valence-corrected chi connectivity index (χ0v) is 19.4. The first kappa shape index (κ1) is 22.1. The number of nitrogens with one attached hydrogen (secondary N) is 1. The number of amidine groups is 1. The summed E-state index contributed by atoms with van der Waals surface area (Å²) < 4.78 is 29.7. The van der Waals surface area contributed by atoms with E-state index in [4.69, 9.17) is 23.2 Å². The van der Waals surface area contributed by atoms with Crippen molar-refractivity contribution in [3.05, 3.63) is 57.6 Å². The molecule has 0 aliphatic carbocycles. The fraction of sp³-hybridized carbons (Fsp3) is 0.364. The molecular weight excluding hydrogens is 457 g/mol. The van der Waals surface area contributed by atoms with E-state index < -0.39 is 15.9 Å². The summed E-state index contributed by atoms with van der Waals surface area (Å²) >= 11 is 12.4. The summed E-state index contributed by atoms with van der Waals surface area (Å²) in [6, 6.07) is 9.90. The SMILES string of the molecule is CC[C@@H](NC(=O)c1cc2c(cc1Cl)N1CCCCCC1=NS2(=O)=O)c1ccc(Cl)cc1. The number of rotatable bonds is 4. The lowest BCUT2D eigenvalue weighted by Gasteiger charge is -2.30. The van der Waals surface area contributed by atoms with Crippen molar-refractivity contribution in [2.45, 2.75) is 50.0 Å². The molecule has 1 saturated heterocycles. The van der Waals surface area contributed by atoms with Gasteiger partial charge in [0.1, 0.15) is 10.7 Å². The molecule has 9 heteroatoms. The van der Waals surface area contributed by atoms with Gasteiger partial charge in [0.2, 0.25) is 0 Å². The largest absolute Gasteiger partial charge is 0.345 e. The van der Waals surface area contributed by atoms with Crippen molar-refractivity contribution < 1.29 is 13.2 Å². The van der Waals surface area contributed by atoms with Crippen LogP contribution in [0.1, 0.15) is 61.0 Å². The molecule has 0 aromatic heterocycles. The van der Waals surface area contributed by atoms with E-state index in [1.54, 1.807) is 18.2 Å². The molecule has 4 rings (SSSR count). The van der Waals surface area contributed by atoms with Crippen LogP contribution in [0, 0.1) is 0 Å². The molecule has 0 saturated carbocycles. The summed E-state index contributed by atoms with van der Waals surface area (Å²) in [4.78, 5) is 15.0. The highest BCUT2D eigenvalue weighted by Crippen LogP contribution is 2.38. The first-order chi connectivity index (χ1) is 14.8. The molecule has 1 atom stereocenters. The van der Waals surface area contributed by atoms with E-state index >= 15 is 0 Å². The van der Waals surface area contributed by atoms with Crippen LogP contribution >= 0.6 is 23.2 Å². The van der Waals surface area contributed by atoms with Gasteiger partial charge in [-0.3, -0.25) is 4.79 Å². The van der Waals surface area contributed by atoms with Gasteiger partial charge in [0.25, 0.3) is 15.9 Å². The lowest BCUT2D eigenvalue weighted by atomic mass is 10.0. The van der Waals surface area contributed by atoms with Crippen LogP contribution in [0.2, 0.25) is 10.0 Å². The Morgan fingerprint density at radius 2 is 1.90 bits per heavy atom. The van der Waals surface area contributed by atoms with Crippen LogP contribution in [0.4, 0.5) is 5.69 Å². The summed E-state index contributed by atoms with van der Waals surface area (Å²) in [7, 11) is -3.90. The number of nitrogens with zero attached hydrogens (tertiary/aromatic N) is 2. The average molecular weight is 480 g/mol. The highest BCUT2D eigenvalue weighted by atomic mass is 35.5. The summed E-state index contributed by atoms with van der Waals surface area (Å²) in [5.74, 6) is 0.113. The number of anilines is 1. The first-order valence-corrected chi connectivity index (χ1v) is 12.5. The molecule has 2 aromatic rings. The lowest BCUT2D eigenvalue weighted by molar-refractivity contribution is 0.0935. The lowest BCUT2D eigenvalue weighted by Crippen LogP contribution is -2.36. The fourth-order valence-corrected chi connectivity index (χ4v) is 5.66. The van der Waals surface area contributed by atoms with E-state index in [9.17, 15) is 13.2 Å². The normalized spacial score (nSPS) is 18.3. The van der Waals surface area contributed by atoms with Crippen LogP contribution in [-0.4, -0.2) is 26.7 Å². The van der Waals surface area contributed by atoms with Gasteiger partial charge in [-0.05, 0) is 49.1 Å². The number of carbonyl (C=O) groups is 1. The van der Waals surface area contributed by atoms with Crippen molar-refractivity contribution in [1.82, 2.24) is 5.32 Å². The molecule has 0 spiro atoms. The van der Waals surface area contributed by atoms with Gasteiger partial charge in [-0.2, -0.15) is 8.42 Å². The van der Waals surface area contributed by atoms with Gasteiger partial charge in [0.05, 0.1) is 22.3 Å². The molecule has 2 aliphatic rings. The molecule has 2 aromatic carbocycles. The van der Waals surface area contributed by atoms with E-state index in [1.165, 1.54) is 6.07 Å². The van der Waals surface area contributed by atoms with Gasteiger partial charge in [0, 0.05) is 18.0 Å². The maximum Gasteiger partial charge on any atom is 0.286 e. The maximum atomic E-state index is 13.0. The zero-order chi connectivity index (χ0) is 22.2. The van der Waals surface area contributed by atoms with Crippen LogP contribution in [0.15, 0.2) is 45.7 Å². The Hall–Kier alpha value is -2.09. The van der Waals surface area contributed by atoms with Crippen molar-refractivity contribution in [3.63, 3.8) is 0 Å². The Morgan fingerprint density at radius 3 is 2.61 bits per heavy atom. The molecule has 1 N–H and O–H groups in total. The number of hydrogen-bond acceptors (Lipinski definition) is 4. The van der Waals surface area contributed by atoms with E-state index in [-0.39, 0.29) is 21.5 Å². The summed E-state index contributed by atoms with van der Waals surface area (Å²) in [5.41, 5.74) is 1.52. The molecule has 0 bridgehead atoms. The second kappa shape index (κ2) is 8.81. The molecule has 1 amide bonds. The van der Waals surface area contributed by atoms with Gasteiger partial charge in [-0.15, -0.1) is 4.40 Å². The Labute approximate surface area is 192 Å². The Balaban J connectivity index is 1.68. The minimum atomic E-state index is -3.90. The van der Waals surface area contributed by atoms with E-state index in [2.05, 4.69) is 9.71 Å². The standard InChI is InChI=1S/C22H23Cl2N3O3S/c1-2-18(14-7-9-15(23)10-8-14)25-22(28)16-12-20-19(13-17(16)24)27-11-5-3-4-6-21(27)26-31(20,29)30/h7-10,12-13,18H,2-6,11H2,1H3,(H,25,28)/t18-/m1/s1. The Bertz CT molecular complexity index is 1150. The van der Waals surface area contributed by atoms with E-state index in [0.717, 1.165) is 24.8 Å². The van der Waals surface area contributed by atoms with Gasteiger partial charge >= 0.3 is 0 Å². The van der Waals surface area contributed by atoms with Crippen molar-refractivity contribution in [3.8, 4) is 0 Å². The zero-order valence-electron chi connectivity index (χ0n) is 17.1. The maximum absolute atomic E-state index is 13.0. The molecule has 0 unspecified atom stereocenters. The van der Waals surface area contributed by atoms with Crippen molar-refractivity contribution >= 4 is 50.7 Å². The van der Waals surface area contributed by atoms with E-state index in [0.29, 0.717) is 35.9 Å². The van der Waals surface area contributed by atoms with Crippen molar-refractivity contribution in [1.29, 1.82) is 0 Å². The van der Waals surface area contributed by atoms with Crippen molar-refractivity contribution in [2.75, 3.05) is 11.4 Å². The molecule has 6 nitrogen and oxygen atoms in total. The third-order valence-corrected chi connectivity index (χ3v) is 7.57. The number of benzene rings is 2. The average Bonchev–Trinajstić information content (AvgIpc) is 2.97. The van der Waals surface area contributed by atoms with Crippen LogP contribution in [0.3, 0.4) is 0 Å². The topological polar surface area (TPSA) is 78.8 Å². The van der Waals surface area contributed by atoms with Gasteiger partial charge in [-0.1, -0.05) is 48.7 Å². The summed E-state index contributed by atoms with van der Waals surface area (Å²) in [5, 5.41) is 3.77. The second-order valence-corrected chi connectivity index (χ2v) is 10.1. The Morgan fingerprint density at radius 1 is 1.16 bits per heavy atom. The number of carbonyl (C=O) groups excluding carboxylic acids is 1. The minimum absolute atomic E-state index is 0.0206. The number of halogens is 2. The van der Waals surface area contributed by atoms with Gasteiger partial charge in [0.15, 0.2) is 0 Å². The number of sulfonamides is 1. The molecule has 0 radical (unpaired) electrons. The van der Waals surface area contributed by atoms with Gasteiger partial charge < -0.3 is 10.2 Å². The fourth-order valence-electron chi connectivity index (χ4n) is 4.02. The molecule has 2 aliphatic heterocycles. The molecule has 1 fully saturated rings. The van der Waals surface area contributed by atoms with Gasteiger partial charge in [-0.25, -0.2) is 0 Å². The summed E-state index contributed by atoms with van der Waals surface area (Å²) in [6.07, 6.45) is 4.12. The minimum Gasteiger partial charge on any atom is -0.345 e. The highest BCUT2D eigenvalue weighted by Gasteiger charge is 2.33. The molecule has 2 heterocycles. The Kier molecular flexibility index (Phi) is 6.28. The smallest absolute Gasteiger partial charge is 0.286 e. The number of fused-ring (bicyclic) bond motifs is 3. The van der Waals surface area contributed by atoms with Crippen LogP contribution in [-0.2, 0) is 10.0 Å². The van der Waals surface area contributed by atoms with Crippen molar-refractivity contribution in [2.24, 2.45) is 4.40 Å². The number of hydrogen-bond donors (Lipinski definition) is 1. The van der Waals surface area contributed by atoms with E-state index in [1.807, 2.05) is 24.0 Å².